The molecular formula is C11H10ClNOS. The molecule has 0 fully saturated rings. The van der Waals surface area contributed by atoms with Crippen molar-refractivity contribution in [1.29, 1.82) is 0 Å². The zero-order valence-electron chi connectivity index (χ0n) is 8.24. The van der Waals surface area contributed by atoms with Crippen LogP contribution in [0.5, 0.6) is 5.88 Å². The number of hydrogen-bond acceptors (Lipinski definition) is 3. The lowest BCUT2D eigenvalue weighted by molar-refractivity contribution is 0.402. The maximum Gasteiger partial charge on any atom is 0.244 e. The second-order valence-corrected chi connectivity index (χ2v) is 4.33. The second kappa shape index (κ2) is 4.64. The summed E-state index contributed by atoms with van der Waals surface area (Å²) in [6, 6.07) is 10.2. The van der Waals surface area contributed by atoms with Crippen LogP contribution in [0, 0.1) is 0 Å². The molecule has 2 aromatic rings. The van der Waals surface area contributed by atoms with Crippen LogP contribution in [0.1, 0.15) is 10.4 Å². The normalized spacial score (nSPS) is 10.3. The molecule has 0 atom stereocenters. The maximum absolute atomic E-state index is 6.10. The Morgan fingerprint density at radius 1 is 1.33 bits per heavy atom. The molecule has 1 aromatic heterocycles. The molecule has 0 aliphatic rings. The molecule has 0 spiro atoms. The highest BCUT2D eigenvalue weighted by Crippen LogP contribution is 2.32. The van der Waals surface area contributed by atoms with Crippen LogP contribution < -0.4 is 4.74 Å². The van der Waals surface area contributed by atoms with Crippen molar-refractivity contribution in [2.45, 2.75) is 6.42 Å². The first-order chi connectivity index (χ1) is 7.31. The van der Waals surface area contributed by atoms with Crippen LogP contribution in [0.4, 0.5) is 0 Å². The number of benzene rings is 1. The third-order valence-electron chi connectivity index (χ3n) is 2.07. The van der Waals surface area contributed by atoms with E-state index in [1.165, 1.54) is 17.1 Å². The largest absolute Gasteiger partial charge is 0.479 e. The number of hydrogen-bond donors (Lipinski definition) is 0. The molecule has 0 saturated heterocycles. The van der Waals surface area contributed by atoms with Crippen LogP contribution in [0.3, 0.4) is 0 Å². The Labute approximate surface area is 97.6 Å². The minimum Gasteiger partial charge on any atom is -0.479 e. The molecule has 1 heterocycles. The number of aromatic nitrogens is 1. The van der Waals surface area contributed by atoms with Gasteiger partial charge in [0.25, 0.3) is 0 Å². The molecule has 4 heteroatoms. The maximum atomic E-state index is 6.10. The smallest absolute Gasteiger partial charge is 0.244 e. The second-order valence-electron chi connectivity index (χ2n) is 3.09. The lowest BCUT2D eigenvalue weighted by Crippen LogP contribution is -1.85. The van der Waals surface area contributed by atoms with Crippen LogP contribution in [-0.2, 0) is 6.42 Å². The number of nitrogens with zero attached hydrogens (tertiary/aromatic N) is 1. The zero-order valence-corrected chi connectivity index (χ0v) is 9.81. The molecule has 15 heavy (non-hydrogen) atoms. The minimum absolute atomic E-state index is 0.521. The highest BCUT2D eigenvalue weighted by Gasteiger charge is 2.11. The van der Waals surface area contributed by atoms with Gasteiger partial charge in [-0.25, -0.2) is 0 Å². The van der Waals surface area contributed by atoms with E-state index in [2.05, 4.69) is 16.5 Å². The van der Waals surface area contributed by atoms with Gasteiger partial charge < -0.3 is 4.74 Å². The molecular weight excluding hydrogens is 230 g/mol. The lowest BCUT2D eigenvalue weighted by atomic mass is 10.1. The van der Waals surface area contributed by atoms with E-state index in [9.17, 15) is 0 Å². The minimum atomic E-state index is 0.521. The third-order valence-corrected chi connectivity index (χ3v) is 3.40. The first-order valence-corrected chi connectivity index (χ1v) is 5.68. The van der Waals surface area contributed by atoms with Gasteiger partial charge in [0.05, 0.1) is 12.0 Å². The molecule has 1 aromatic carbocycles. The summed E-state index contributed by atoms with van der Waals surface area (Å²) in [4.78, 5) is 1.04. The highest BCUT2D eigenvalue weighted by molar-refractivity contribution is 7.06. The molecule has 0 unspecified atom stereocenters. The van der Waals surface area contributed by atoms with Gasteiger partial charge in [0.1, 0.15) is 5.02 Å². The summed E-state index contributed by atoms with van der Waals surface area (Å²) >= 11 is 7.49. The number of rotatable bonds is 3. The van der Waals surface area contributed by atoms with Crippen LogP contribution >= 0.6 is 23.1 Å². The molecule has 0 N–H and O–H groups in total. The Morgan fingerprint density at radius 3 is 2.67 bits per heavy atom. The van der Waals surface area contributed by atoms with E-state index in [1.807, 2.05) is 18.2 Å². The van der Waals surface area contributed by atoms with Crippen molar-refractivity contribution in [2.24, 2.45) is 0 Å². The third kappa shape index (κ3) is 2.30. The molecule has 0 aliphatic heterocycles. The summed E-state index contributed by atoms with van der Waals surface area (Å²) in [5.41, 5.74) is 1.23. The summed E-state index contributed by atoms with van der Waals surface area (Å²) in [7, 11) is 1.58. The van der Waals surface area contributed by atoms with E-state index in [-0.39, 0.29) is 0 Å². The first kappa shape index (κ1) is 10.5. The molecule has 0 radical (unpaired) electrons. The van der Waals surface area contributed by atoms with Crippen LogP contribution in [0.15, 0.2) is 30.3 Å². The van der Waals surface area contributed by atoms with Crippen molar-refractivity contribution in [3.8, 4) is 5.88 Å². The lowest BCUT2D eigenvalue weighted by Gasteiger charge is -1.98. The van der Waals surface area contributed by atoms with E-state index in [4.69, 9.17) is 16.3 Å². The Balaban J connectivity index is 2.21. The number of halogens is 1. The van der Waals surface area contributed by atoms with Gasteiger partial charge in [0.15, 0.2) is 0 Å². The summed E-state index contributed by atoms with van der Waals surface area (Å²) in [5, 5.41) is 0.631. The predicted molar refractivity (Wildman–Crippen MR) is 62.9 cm³/mol. The van der Waals surface area contributed by atoms with E-state index in [0.717, 1.165) is 11.3 Å². The molecule has 0 aliphatic carbocycles. The van der Waals surface area contributed by atoms with E-state index < -0.39 is 0 Å². The summed E-state index contributed by atoms with van der Waals surface area (Å²) in [6.07, 6.45) is 0.806. The monoisotopic (exact) mass is 239 g/mol. The Hall–Kier alpha value is -1.06. The zero-order chi connectivity index (χ0) is 10.7. The topological polar surface area (TPSA) is 22.1 Å². The number of ether oxygens (including phenoxy) is 1. The van der Waals surface area contributed by atoms with Crippen LogP contribution in [-0.4, -0.2) is 11.5 Å². The fourth-order valence-corrected chi connectivity index (χ4v) is 2.41. The van der Waals surface area contributed by atoms with Gasteiger partial charge in [-0.05, 0) is 17.1 Å². The molecule has 0 saturated carbocycles. The average molecular weight is 240 g/mol. The summed E-state index contributed by atoms with van der Waals surface area (Å²) < 4.78 is 9.15. The standard InChI is InChI=1S/C11H10ClNOS/c1-14-11-10(12)9(15-13-11)7-8-5-3-2-4-6-8/h2-6H,7H2,1H3. The number of methoxy groups -OCH3 is 1. The average Bonchev–Trinajstić information content (AvgIpc) is 2.62. The van der Waals surface area contributed by atoms with Gasteiger partial charge in [0, 0.05) is 6.42 Å². The van der Waals surface area contributed by atoms with Crippen LogP contribution in [0.2, 0.25) is 5.02 Å². The fraction of sp³-hybridized carbons (Fsp3) is 0.182. The van der Waals surface area contributed by atoms with Crippen molar-refractivity contribution in [2.75, 3.05) is 7.11 Å². The van der Waals surface area contributed by atoms with E-state index >= 15 is 0 Å². The molecule has 2 nitrogen and oxygen atoms in total. The van der Waals surface area contributed by atoms with E-state index in [0.29, 0.717) is 10.9 Å². The molecule has 0 bridgehead atoms. The quantitative estimate of drug-likeness (QED) is 0.819. The first-order valence-electron chi connectivity index (χ1n) is 4.53. The SMILES string of the molecule is COc1nsc(Cc2ccccc2)c1Cl. The van der Waals surface area contributed by atoms with Gasteiger partial charge in [-0.1, -0.05) is 41.9 Å². The summed E-state index contributed by atoms with van der Waals surface area (Å²) in [5.74, 6) is 0.521. The van der Waals surface area contributed by atoms with Crippen LogP contribution in [0.25, 0.3) is 0 Å². The Bertz CT molecular complexity index is 441. The van der Waals surface area contributed by atoms with Gasteiger partial charge in [-0.2, -0.15) is 4.37 Å². The van der Waals surface area contributed by atoms with Crippen molar-refractivity contribution in [1.82, 2.24) is 4.37 Å². The highest BCUT2D eigenvalue weighted by atomic mass is 35.5. The van der Waals surface area contributed by atoms with Crippen molar-refractivity contribution >= 4 is 23.1 Å². The van der Waals surface area contributed by atoms with Crippen molar-refractivity contribution < 1.29 is 4.74 Å². The van der Waals surface area contributed by atoms with Gasteiger partial charge in [-0.3, -0.25) is 0 Å². The van der Waals surface area contributed by atoms with Gasteiger partial charge >= 0.3 is 0 Å². The van der Waals surface area contributed by atoms with Gasteiger partial charge in [0.2, 0.25) is 5.88 Å². The van der Waals surface area contributed by atoms with Crippen molar-refractivity contribution in [3.63, 3.8) is 0 Å². The Kier molecular flexibility index (Phi) is 3.23. The van der Waals surface area contributed by atoms with Gasteiger partial charge in [-0.15, -0.1) is 0 Å². The van der Waals surface area contributed by atoms with E-state index in [1.54, 1.807) is 7.11 Å². The molecule has 2 rings (SSSR count). The van der Waals surface area contributed by atoms with Crippen molar-refractivity contribution in [3.05, 3.63) is 45.8 Å². The fourth-order valence-electron chi connectivity index (χ4n) is 1.31. The predicted octanol–water partition coefficient (Wildman–Crippen LogP) is 3.40. The molecule has 78 valence electrons. The summed E-state index contributed by atoms with van der Waals surface area (Å²) in [6.45, 7) is 0. The Morgan fingerprint density at radius 2 is 2.07 bits per heavy atom. The molecule has 0 amide bonds.